The molecule has 0 aliphatic rings. The lowest BCUT2D eigenvalue weighted by atomic mass is 10.1. The number of benzene rings is 1. The summed E-state index contributed by atoms with van der Waals surface area (Å²) in [4.78, 5) is 16.9. The molecule has 144 valence electrons. The van der Waals surface area contributed by atoms with Gasteiger partial charge in [0.25, 0.3) is 5.91 Å². The Morgan fingerprint density at radius 1 is 1.14 bits per heavy atom. The van der Waals surface area contributed by atoms with Gasteiger partial charge in [-0.25, -0.2) is 4.98 Å². The third-order valence-electron chi connectivity index (χ3n) is 4.54. The molecule has 0 saturated carbocycles. The van der Waals surface area contributed by atoms with Gasteiger partial charge in [-0.3, -0.25) is 4.79 Å². The van der Waals surface area contributed by atoms with Crippen LogP contribution in [0, 0.1) is 6.92 Å². The first-order valence-electron chi connectivity index (χ1n) is 9.12. The normalized spacial score (nSPS) is 11.4. The molecule has 0 aliphatic carbocycles. The van der Waals surface area contributed by atoms with E-state index >= 15 is 0 Å². The Kier molecular flexibility index (Phi) is 4.68. The topological polar surface area (TPSA) is 99.0 Å². The number of carbonyl (C=O) groups excluding carboxylic acids is 1. The van der Waals surface area contributed by atoms with Gasteiger partial charge in [0.15, 0.2) is 17.2 Å². The van der Waals surface area contributed by atoms with Crippen molar-refractivity contribution in [2.24, 2.45) is 0 Å². The maximum absolute atomic E-state index is 12.3. The summed E-state index contributed by atoms with van der Waals surface area (Å²) in [6.45, 7) is 6.69. The lowest BCUT2D eigenvalue weighted by Gasteiger charge is -2.03. The predicted molar refractivity (Wildman–Crippen MR) is 102 cm³/mol. The molecular formula is C20H21N5O3. The molecule has 1 N–H and O–H groups in total. The van der Waals surface area contributed by atoms with Gasteiger partial charge in [0, 0.05) is 12.1 Å². The van der Waals surface area contributed by atoms with Crippen LogP contribution >= 0.6 is 0 Å². The summed E-state index contributed by atoms with van der Waals surface area (Å²) < 4.78 is 12.6. The number of amides is 1. The molecule has 0 bridgehead atoms. The van der Waals surface area contributed by atoms with Gasteiger partial charge in [-0.05, 0) is 25.0 Å². The van der Waals surface area contributed by atoms with Gasteiger partial charge in [-0.1, -0.05) is 36.3 Å². The van der Waals surface area contributed by atoms with Crippen molar-refractivity contribution in [2.45, 2.75) is 39.8 Å². The Balaban J connectivity index is 1.43. The highest BCUT2D eigenvalue weighted by molar-refractivity contribution is 5.92. The summed E-state index contributed by atoms with van der Waals surface area (Å²) in [5.41, 5.74) is 3.01. The molecular weight excluding hydrogens is 358 g/mol. The van der Waals surface area contributed by atoms with Gasteiger partial charge < -0.3 is 18.9 Å². The summed E-state index contributed by atoms with van der Waals surface area (Å²) >= 11 is 0. The average molecular weight is 379 g/mol. The summed E-state index contributed by atoms with van der Waals surface area (Å²) in [5.74, 6) is 1.99. The molecule has 4 rings (SSSR count). The average Bonchev–Trinajstić information content (AvgIpc) is 3.40. The summed E-state index contributed by atoms with van der Waals surface area (Å²) in [6.07, 6.45) is 0. The number of para-hydroxylation sites is 2. The lowest BCUT2D eigenvalue weighted by molar-refractivity contribution is 0.0938. The molecule has 0 aliphatic heterocycles. The van der Waals surface area contributed by atoms with Crippen molar-refractivity contribution in [2.75, 3.05) is 0 Å². The van der Waals surface area contributed by atoms with Crippen LogP contribution in [-0.2, 0) is 13.1 Å². The van der Waals surface area contributed by atoms with Crippen LogP contribution in [0.15, 0.2) is 45.4 Å². The van der Waals surface area contributed by atoms with Gasteiger partial charge in [0.1, 0.15) is 5.82 Å². The number of imidazole rings is 1. The highest BCUT2D eigenvalue weighted by Crippen LogP contribution is 2.18. The van der Waals surface area contributed by atoms with Crippen molar-refractivity contribution in [1.82, 2.24) is 25.2 Å². The fourth-order valence-corrected chi connectivity index (χ4v) is 2.99. The van der Waals surface area contributed by atoms with Crippen molar-refractivity contribution in [3.8, 4) is 0 Å². The molecule has 8 nitrogen and oxygen atoms in total. The van der Waals surface area contributed by atoms with E-state index in [1.165, 1.54) is 0 Å². The summed E-state index contributed by atoms with van der Waals surface area (Å²) in [6, 6.07) is 11.4. The number of aryl methyl sites for hydroxylation is 1. The second kappa shape index (κ2) is 7.30. The Bertz CT molecular complexity index is 1120. The molecule has 8 heteroatoms. The molecule has 1 amide bonds. The number of nitrogens with one attached hydrogen (secondary N) is 1. The quantitative estimate of drug-likeness (QED) is 0.551. The van der Waals surface area contributed by atoms with Gasteiger partial charge in [-0.15, -0.1) is 0 Å². The minimum absolute atomic E-state index is 0.223. The third kappa shape index (κ3) is 3.53. The van der Waals surface area contributed by atoms with E-state index in [0.29, 0.717) is 18.1 Å². The van der Waals surface area contributed by atoms with E-state index in [9.17, 15) is 4.79 Å². The maximum atomic E-state index is 12.3. The molecule has 0 saturated heterocycles. The molecule has 0 spiro atoms. The van der Waals surface area contributed by atoms with Crippen molar-refractivity contribution in [3.63, 3.8) is 0 Å². The highest BCUT2D eigenvalue weighted by atomic mass is 16.5. The van der Waals surface area contributed by atoms with Crippen molar-refractivity contribution in [1.29, 1.82) is 0 Å². The number of hydrogen-bond donors (Lipinski definition) is 1. The Morgan fingerprint density at radius 2 is 1.93 bits per heavy atom. The van der Waals surface area contributed by atoms with Crippen molar-refractivity contribution < 1.29 is 13.8 Å². The van der Waals surface area contributed by atoms with Crippen LogP contribution in [0.5, 0.6) is 0 Å². The zero-order valence-electron chi connectivity index (χ0n) is 16.0. The standard InChI is InChI=1S/C20H21N5O3/c1-12(2)17-8-14(27-23-17)10-21-20(26)18-9-15(28-24-18)11-25-13(3)22-16-6-4-5-7-19(16)25/h4-9,12H,10-11H2,1-3H3,(H,21,26). The third-order valence-corrected chi connectivity index (χ3v) is 4.54. The molecule has 28 heavy (non-hydrogen) atoms. The second-order valence-corrected chi connectivity index (χ2v) is 6.97. The van der Waals surface area contributed by atoms with Crippen LogP contribution < -0.4 is 5.32 Å². The number of hydrogen-bond acceptors (Lipinski definition) is 6. The minimum Gasteiger partial charge on any atom is -0.359 e. The van der Waals surface area contributed by atoms with E-state index in [2.05, 4.69) is 20.6 Å². The van der Waals surface area contributed by atoms with Crippen LogP contribution in [0.2, 0.25) is 0 Å². The second-order valence-electron chi connectivity index (χ2n) is 6.97. The smallest absolute Gasteiger partial charge is 0.273 e. The van der Waals surface area contributed by atoms with E-state index in [1.807, 2.05) is 55.7 Å². The van der Waals surface area contributed by atoms with Crippen molar-refractivity contribution in [3.05, 3.63) is 65.1 Å². The first kappa shape index (κ1) is 18.0. The van der Waals surface area contributed by atoms with Gasteiger partial charge in [0.2, 0.25) is 0 Å². The highest BCUT2D eigenvalue weighted by Gasteiger charge is 2.16. The Labute approximate surface area is 161 Å². The molecule has 0 fully saturated rings. The van der Waals surface area contributed by atoms with Crippen LogP contribution in [0.1, 0.15) is 53.3 Å². The number of rotatable bonds is 6. The zero-order chi connectivity index (χ0) is 19.7. The lowest BCUT2D eigenvalue weighted by Crippen LogP contribution is -2.22. The molecule has 1 aromatic carbocycles. The largest absolute Gasteiger partial charge is 0.359 e. The summed E-state index contributed by atoms with van der Waals surface area (Å²) in [5, 5.41) is 10.6. The Hall–Kier alpha value is -3.42. The number of aromatic nitrogens is 4. The van der Waals surface area contributed by atoms with E-state index in [4.69, 9.17) is 9.05 Å². The molecule has 3 aromatic heterocycles. The van der Waals surface area contributed by atoms with E-state index in [-0.39, 0.29) is 24.1 Å². The number of nitrogens with zero attached hydrogens (tertiary/aromatic N) is 4. The van der Waals surface area contributed by atoms with Crippen LogP contribution in [-0.4, -0.2) is 25.8 Å². The SMILES string of the molecule is Cc1nc2ccccc2n1Cc1cc(C(=O)NCc2cc(C(C)C)no2)no1. The minimum atomic E-state index is -0.329. The maximum Gasteiger partial charge on any atom is 0.273 e. The van der Waals surface area contributed by atoms with Gasteiger partial charge in [-0.2, -0.15) is 0 Å². The molecule has 0 radical (unpaired) electrons. The predicted octanol–water partition coefficient (Wildman–Crippen LogP) is 3.42. The monoisotopic (exact) mass is 379 g/mol. The van der Waals surface area contributed by atoms with Gasteiger partial charge in [0.05, 0.1) is 29.8 Å². The number of fused-ring (bicyclic) bond motifs is 1. The van der Waals surface area contributed by atoms with Crippen LogP contribution in [0.25, 0.3) is 11.0 Å². The van der Waals surface area contributed by atoms with E-state index in [0.717, 1.165) is 22.6 Å². The van der Waals surface area contributed by atoms with E-state index in [1.54, 1.807) is 6.07 Å². The van der Waals surface area contributed by atoms with E-state index < -0.39 is 0 Å². The van der Waals surface area contributed by atoms with Crippen LogP contribution in [0.3, 0.4) is 0 Å². The first-order valence-corrected chi connectivity index (χ1v) is 9.12. The molecule has 4 aromatic rings. The van der Waals surface area contributed by atoms with Crippen LogP contribution in [0.4, 0.5) is 0 Å². The fourth-order valence-electron chi connectivity index (χ4n) is 2.99. The Morgan fingerprint density at radius 3 is 2.71 bits per heavy atom. The first-order chi connectivity index (χ1) is 13.5. The molecule has 3 heterocycles. The molecule has 0 atom stereocenters. The fraction of sp³-hybridized carbons (Fsp3) is 0.300. The molecule has 0 unspecified atom stereocenters. The summed E-state index contributed by atoms with van der Waals surface area (Å²) in [7, 11) is 0. The number of carbonyl (C=O) groups is 1. The van der Waals surface area contributed by atoms with Crippen molar-refractivity contribution >= 4 is 16.9 Å². The van der Waals surface area contributed by atoms with Gasteiger partial charge >= 0.3 is 0 Å². The zero-order valence-corrected chi connectivity index (χ0v) is 16.0.